The lowest BCUT2D eigenvalue weighted by Gasteiger charge is -2.06. The maximum atomic E-state index is 11.2. The molecule has 0 aromatic rings. The van der Waals surface area contributed by atoms with E-state index in [0.717, 1.165) is 38.4 Å². The fourth-order valence-electron chi connectivity index (χ4n) is 1.35. The van der Waals surface area contributed by atoms with Gasteiger partial charge in [-0.25, -0.2) is 4.79 Å². The third-order valence-electron chi connectivity index (χ3n) is 2.56. The van der Waals surface area contributed by atoms with E-state index < -0.39 is 0 Å². The molecule has 2 fully saturated rings. The van der Waals surface area contributed by atoms with Gasteiger partial charge in [0.05, 0.1) is 0 Å². The Balaban J connectivity index is 1.39. The minimum absolute atomic E-state index is 0.000998. The molecule has 14 heavy (non-hydrogen) atoms. The van der Waals surface area contributed by atoms with E-state index in [9.17, 15) is 4.79 Å². The Morgan fingerprint density at radius 2 is 1.79 bits per heavy atom. The Morgan fingerprint density at radius 1 is 1.07 bits per heavy atom. The maximum Gasteiger partial charge on any atom is 0.315 e. The third kappa shape index (κ3) is 3.96. The lowest BCUT2D eigenvalue weighted by Crippen LogP contribution is -2.38. The fraction of sp³-hybridized carbons (Fsp3) is 0.900. The summed E-state index contributed by atoms with van der Waals surface area (Å²) in [5.74, 6) is 0. The lowest BCUT2D eigenvalue weighted by atomic mass is 10.4. The minimum atomic E-state index is -0.000998. The number of carbonyl (C=O) groups excluding carboxylic acids is 1. The van der Waals surface area contributed by atoms with Gasteiger partial charge in [-0.1, -0.05) is 0 Å². The molecular formula is C10H19N3O. The average molecular weight is 197 g/mol. The molecule has 0 aliphatic heterocycles. The highest BCUT2D eigenvalue weighted by Crippen LogP contribution is 2.18. The molecule has 0 aromatic heterocycles. The van der Waals surface area contributed by atoms with Crippen LogP contribution in [-0.2, 0) is 0 Å². The zero-order chi connectivity index (χ0) is 9.80. The van der Waals surface area contributed by atoms with Gasteiger partial charge in [-0.2, -0.15) is 0 Å². The van der Waals surface area contributed by atoms with Gasteiger partial charge in [0, 0.05) is 18.6 Å². The summed E-state index contributed by atoms with van der Waals surface area (Å²) in [6.45, 7) is 1.80. The summed E-state index contributed by atoms with van der Waals surface area (Å²) in [6.07, 6.45) is 5.98. The second-order valence-electron chi connectivity index (χ2n) is 4.26. The summed E-state index contributed by atoms with van der Waals surface area (Å²) in [5, 5.41) is 9.17. The van der Waals surface area contributed by atoms with Crippen molar-refractivity contribution >= 4 is 6.03 Å². The topological polar surface area (TPSA) is 53.2 Å². The molecule has 0 radical (unpaired) electrons. The Labute approximate surface area is 84.8 Å². The lowest BCUT2D eigenvalue weighted by molar-refractivity contribution is 0.240. The van der Waals surface area contributed by atoms with Crippen LogP contribution in [0.3, 0.4) is 0 Å². The Morgan fingerprint density at radius 3 is 2.43 bits per heavy atom. The Kier molecular flexibility index (Phi) is 3.24. The molecule has 0 atom stereocenters. The van der Waals surface area contributed by atoms with Crippen LogP contribution in [0.4, 0.5) is 4.79 Å². The van der Waals surface area contributed by atoms with Crippen LogP contribution >= 0.6 is 0 Å². The molecule has 2 rings (SSSR count). The normalized spacial score (nSPS) is 20.6. The molecule has 80 valence electrons. The van der Waals surface area contributed by atoms with Crippen LogP contribution < -0.4 is 16.0 Å². The van der Waals surface area contributed by atoms with Gasteiger partial charge in [0.15, 0.2) is 0 Å². The van der Waals surface area contributed by atoms with Crippen LogP contribution in [0.1, 0.15) is 32.1 Å². The van der Waals surface area contributed by atoms with E-state index in [0.29, 0.717) is 6.04 Å². The van der Waals surface area contributed by atoms with E-state index in [1.807, 2.05) is 0 Å². The minimum Gasteiger partial charge on any atom is -0.338 e. The highest BCUT2D eigenvalue weighted by atomic mass is 16.2. The van der Waals surface area contributed by atoms with Gasteiger partial charge in [-0.05, 0) is 38.6 Å². The van der Waals surface area contributed by atoms with E-state index in [1.165, 1.54) is 12.8 Å². The molecule has 0 aromatic carbocycles. The number of rotatable bonds is 6. The number of amides is 2. The summed E-state index contributed by atoms with van der Waals surface area (Å²) in [7, 11) is 0. The first-order chi connectivity index (χ1) is 6.84. The van der Waals surface area contributed by atoms with E-state index in [-0.39, 0.29) is 6.03 Å². The molecule has 2 amide bonds. The first kappa shape index (κ1) is 9.77. The van der Waals surface area contributed by atoms with E-state index >= 15 is 0 Å². The summed E-state index contributed by atoms with van der Waals surface area (Å²) in [6, 6.07) is 1.23. The molecule has 2 aliphatic rings. The number of hydrogen-bond acceptors (Lipinski definition) is 2. The molecule has 0 spiro atoms. The number of urea groups is 1. The van der Waals surface area contributed by atoms with Crippen LogP contribution in [0.25, 0.3) is 0 Å². The molecule has 0 bridgehead atoms. The van der Waals surface area contributed by atoms with Crippen molar-refractivity contribution in [3.63, 3.8) is 0 Å². The van der Waals surface area contributed by atoms with Crippen molar-refractivity contribution in [2.75, 3.05) is 13.1 Å². The average Bonchev–Trinajstić information content (AvgIpc) is 2.97. The van der Waals surface area contributed by atoms with Crippen molar-refractivity contribution in [2.24, 2.45) is 0 Å². The molecule has 2 aliphatic carbocycles. The summed E-state index contributed by atoms with van der Waals surface area (Å²) in [5.41, 5.74) is 0. The second-order valence-corrected chi connectivity index (χ2v) is 4.26. The molecule has 2 saturated carbocycles. The Hall–Kier alpha value is -0.770. The largest absolute Gasteiger partial charge is 0.338 e. The quantitative estimate of drug-likeness (QED) is 0.546. The van der Waals surface area contributed by atoms with Gasteiger partial charge in [0.1, 0.15) is 0 Å². The number of hydrogen-bond donors (Lipinski definition) is 3. The van der Waals surface area contributed by atoms with Crippen molar-refractivity contribution < 1.29 is 4.79 Å². The summed E-state index contributed by atoms with van der Waals surface area (Å²) < 4.78 is 0. The smallest absolute Gasteiger partial charge is 0.315 e. The van der Waals surface area contributed by atoms with Gasteiger partial charge in [0.2, 0.25) is 0 Å². The first-order valence-corrected chi connectivity index (χ1v) is 5.62. The number of nitrogens with one attached hydrogen (secondary N) is 3. The van der Waals surface area contributed by atoms with Gasteiger partial charge < -0.3 is 16.0 Å². The number of carbonyl (C=O) groups is 1. The zero-order valence-corrected chi connectivity index (χ0v) is 8.51. The predicted molar refractivity (Wildman–Crippen MR) is 55.2 cm³/mol. The van der Waals surface area contributed by atoms with Crippen LogP contribution in [0.2, 0.25) is 0 Å². The van der Waals surface area contributed by atoms with Gasteiger partial charge >= 0.3 is 6.03 Å². The van der Waals surface area contributed by atoms with E-state index in [4.69, 9.17) is 0 Å². The molecule has 4 nitrogen and oxygen atoms in total. The molecule has 0 heterocycles. The molecule has 4 heteroatoms. The van der Waals surface area contributed by atoms with Crippen molar-refractivity contribution in [3.8, 4) is 0 Å². The maximum absolute atomic E-state index is 11.2. The molecule has 0 unspecified atom stereocenters. The fourth-order valence-corrected chi connectivity index (χ4v) is 1.35. The van der Waals surface area contributed by atoms with Crippen LogP contribution in [0.5, 0.6) is 0 Å². The second kappa shape index (κ2) is 4.64. The van der Waals surface area contributed by atoms with Crippen LogP contribution in [0.15, 0.2) is 0 Å². The van der Waals surface area contributed by atoms with Crippen LogP contribution in [0, 0.1) is 0 Å². The van der Waals surface area contributed by atoms with E-state index in [2.05, 4.69) is 16.0 Å². The van der Waals surface area contributed by atoms with Crippen molar-refractivity contribution in [3.05, 3.63) is 0 Å². The third-order valence-corrected chi connectivity index (χ3v) is 2.56. The standard InChI is InChI=1S/C10H19N3O/c14-10(13-9-4-5-9)12-7-1-6-11-8-2-3-8/h8-9,11H,1-7H2,(H2,12,13,14). The SMILES string of the molecule is O=C(NCCCNC1CC1)NC1CC1. The van der Waals surface area contributed by atoms with E-state index in [1.54, 1.807) is 0 Å². The zero-order valence-electron chi connectivity index (χ0n) is 8.51. The van der Waals surface area contributed by atoms with Crippen molar-refractivity contribution in [2.45, 2.75) is 44.2 Å². The monoisotopic (exact) mass is 197 g/mol. The summed E-state index contributed by atoms with van der Waals surface area (Å²) in [4.78, 5) is 11.2. The van der Waals surface area contributed by atoms with Gasteiger partial charge in [0.25, 0.3) is 0 Å². The van der Waals surface area contributed by atoms with Crippen molar-refractivity contribution in [1.29, 1.82) is 0 Å². The summed E-state index contributed by atoms with van der Waals surface area (Å²) >= 11 is 0. The molecule has 3 N–H and O–H groups in total. The first-order valence-electron chi connectivity index (χ1n) is 5.62. The molecular weight excluding hydrogens is 178 g/mol. The van der Waals surface area contributed by atoms with Gasteiger partial charge in [-0.3, -0.25) is 0 Å². The predicted octanol–water partition coefficient (Wildman–Crippen LogP) is 0.590. The van der Waals surface area contributed by atoms with Crippen molar-refractivity contribution in [1.82, 2.24) is 16.0 Å². The highest BCUT2D eigenvalue weighted by molar-refractivity contribution is 5.74. The van der Waals surface area contributed by atoms with Gasteiger partial charge in [-0.15, -0.1) is 0 Å². The van der Waals surface area contributed by atoms with Crippen LogP contribution in [-0.4, -0.2) is 31.2 Å². The molecule has 0 saturated heterocycles. The highest BCUT2D eigenvalue weighted by Gasteiger charge is 2.23. The Bertz CT molecular complexity index is 200.